The molecule has 0 amide bonds. The maximum absolute atomic E-state index is 9.83. The molecule has 0 saturated carbocycles. The van der Waals surface area contributed by atoms with E-state index in [1.54, 1.807) is 6.92 Å². The zero-order valence-electron chi connectivity index (χ0n) is 6.24. The molecular formula is C6H11NO4. The maximum Gasteiger partial charge on any atom is 0.327 e. The second-order valence-electron chi connectivity index (χ2n) is 1.39. The SMILES string of the molecule is C=CC(=O)O.CCC(=O)ON. The van der Waals surface area contributed by atoms with Gasteiger partial charge < -0.3 is 9.94 Å². The van der Waals surface area contributed by atoms with Crippen LogP contribution in [0.25, 0.3) is 0 Å². The Kier molecular flexibility index (Phi) is 9.68. The summed E-state index contributed by atoms with van der Waals surface area (Å²) in [6.45, 7) is 4.64. The molecule has 0 saturated heterocycles. The van der Waals surface area contributed by atoms with Crippen LogP contribution in [0.4, 0.5) is 0 Å². The van der Waals surface area contributed by atoms with E-state index >= 15 is 0 Å². The van der Waals surface area contributed by atoms with Gasteiger partial charge in [0.2, 0.25) is 0 Å². The van der Waals surface area contributed by atoms with Crippen molar-refractivity contribution >= 4 is 11.9 Å². The second-order valence-corrected chi connectivity index (χ2v) is 1.39. The van der Waals surface area contributed by atoms with Gasteiger partial charge in [-0.25, -0.2) is 4.79 Å². The van der Waals surface area contributed by atoms with Crippen molar-refractivity contribution < 1.29 is 19.5 Å². The fourth-order valence-corrected chi connectivity index (χ4v) is 0.0833. The van der Waals surface area contributed by atoms with Crippen LogP contribution >= 0.6 is 0 Å². The molecule has 64 valence electrons. The molecule has 0 unspecified atom stereocenters. The van der Waals surface area contributed by atoms with E-state index in [1.807, 2.05) is 0 Å². The first-order valence-corrected chi connectivity index (χ1v) is 2.83. The van der Waals surface area contributed by atoms with Gasteiger partial charge in [0.05, 0.1) is 0 Å². The minimum atomic E-state index is -0.981. The predicted octanol–water partition coefficient (Wildman–Crippen LogP) is 0.0703. The van der Waals surface area contributed by atoms with Gasteiger partial charge >= 0.3 is 11.9 Å². The average Bonchev–Trinajstić information content (AvgIpc) is 2.04. The Labute approximate surface area is 64.4 Å². The van der Waals surface area contributed by atoms with Gasteiger partial charge in [-0.1, -0.05) is 13.5 Å². The average molecular weight is 161 g/mol. The molecule has 0 heterocycles. The molecule has 0 aromatic carbocycles. The van der Waals surface area contributed by atoms with Gasteiger partial charge in [-0.05, 0) is 0 Å². The van der Waals surface area contributed by atoms with Crippen LogP contribution in [0.2, 0.25) is 0 Å². The number of rotatable bonds is 2. The molecule has 0 aliphatic carbocycles. The Morgan fingerprint density at radius 2 is 2.09 bits per heavy atom. The Hall–Kier alpha value is -1.36. The van der Waals surface area contributed by atoms with E-state index in [4.69, 9.17) is 5.11 Å². The van der Waals surface area contributed by atoms with E-state index in [2.05, 4.69) is 17.3 Å². The summed E-state index contributed by atoms with van der Waals surface area (Å²) in [5.41, 5.74) is 0. The molecule has 5 nitrogen and oxygen atoms in total. The lowest BCUT2D eigenvalue weighted by Gasteiger charge is -1.85. The van der Waals surface area contributed by atoms with Crippen LogP contribution in [0.15, 0.2) is 12.7 Å². The molecular weight excluding hydrogens is 150 g/mol. The van der Waals surface area contributed by atoms with E-state index in [0.717, 1.165) is 6.08 Å². The Morgan fingerprint density at radius 1 is 1.73 bits per heavy atom. The molecule has 0 spiro atoms. The van der Waals surface area contributed by atoms with E-state index in [1.165, 1.54) is 0 Å². The fraction of sp³-hybridized carbons (Fsp3) is 0.333. The largest absolute Gasteiger partial charge is 0.478 e. The monoisotopic (exact) mass is 161 g/mol. The molecule has 3 N–H and O–H groups in total. The number of carboxylic acids is 1. The molecule has 0 atom stereocenters. The Morgan fingerprint density at radius 3 is 2.09 bits per heavy atom. The number of hydrogen-bond donors (Lipinski definition) is 2. The summed E-state index contributed by atoms with van der Waals surface area (Å²) in [6, 6.07) is 0. The zero-order chi connectivity index (χ0) is 9.28. The van der Waals surface area contributed by atoms with Crippen LogP contribution in [0, 0.1) is 0 Å². The predicted molar refractivity (Wildman–Crippen MR) is 38.4 cm³/mol. The van der Waals surface area contributed by atoms with Crippen LogP contribution in [0.5, 0.6) is 0 Å². The third-order valence-electron chi connectivity index (χ3n) is 0.595. The highest BCUT2D eigenvalue weighted by molar-refractivity contribution is 5.78. The van der Waals surface area contributed by atoms with Gasteiger partial charge in [0, 0.05) is 12.5 Å². The van der Waals surface area contributed by atoms with Crippen LogP contribution in [0.3, 0.4) is 0 Å². The Balaban J connectivity index is 0. The number of aliphatic carboxylic acids is 1. The third-order valence-corrected chi connectivity index (χ3v) is 0.595. The van der Waals surface area contributed by atoms with Crippen LogP contribution in [0.1, 0.15) is 13.3 Å². The normalized spacial score (nSPS) is 7.09. The smallest absolute Gasteiger partial charge is 0.327 e. The fourth-order valence-electron chi connectivity index (χ4n) is 0.0833. The van der Waals surface area contributed by atoms with Crippen LogP contribution < -0.4 is 5.90 Å². The maximum atomic E-state index is 9.83. The summed E-state index contributed by atoms with van der Waals surface area (Å²) in [4.78, 5) is 22.8. The summed E-state index contributed by atoms with van der Waals surface area (Å²) in [7, 11) is 0. The van der Waals surface area contributed by atoms with Crippen molar-refractivity contribution in [2.75, 3.05) is 0 Å². The molecule has 0 bridgehead atoms. The lowest BCUT2D eigenvalue weighted by atomic mass is 10.5. The van der Waals surface area contributed by atoms with Crippen molar-refractivity contribution in [2.45, 2.75) is 13.3 Å². The van der Waals surface area contributed by atoms with Crippen molar-refractivity contribution in [2.24, 2.45) is 5.90 Å². The zero-order valence-corrected chi connectivity index (χ0v) is 6.24. The van der Waals surface area contributed by atoms with Crippen LogP contribution in [-0.2, 0) is 14.4 Å². The highest BCUT2D eigenvalue weighted by Gasteiger charge is 1.88. The lowest BCUT2D eigenvalue weighted by molar-refractivity contribution is -0.143. The molecule has 0 aliphatic rings. The van der Waals surface area contributed by atoms with Crippen LogP contribution in [-0.4, -0.2) is 17.0 Å². The van der Waals surface area contributed by atoms with Crippen molar-refractivity contribution in [3.05, 3.63) is 12.7 Å². The van der Waals surface area contributed by atoms with Gasteiger partial charge in [-0.15, -0.1) is 0 Å². The Bertz CT molecular complexity index is 138. The first kappa shape index (κ1) is 12.3. The minimum absolute atomic E-state index is 0.344. The van der Waals surface area contributed by atoms with Crippen molar-refractivity contribution in [3.8, 4) is 0 Å². The highest BCUT2D eigenvalue weighted by Crippen LogP contribution is 1.73. The summed E-state index contributed by atoms with van der Waals surface area (Å²) in [6.07, 6.45) is 1.18. The van der Waals surface area contributed by atoms with Gasteiger partial charge in [-0.2, -0.15) is 5.90 Å². The molecule has 0 rings (SSSR count). The van der Waals surface area contributed by atoms with Gasteiger partial charge in [0.15, 0.2) is 0 Å². The van der Waals surface area contributed by atoms with Crippen molar-refractivity contribution in [3.63, 3.8) is 0 Å². The number of hydrogen-bond acceptors (Lipinski definition) is 4. The minimum Gasteiger partial charge on any atom is -0.478 e. The highest BCUT2D eigenvalue weighted by atomic mass is 16.7. The summed E-state index contributed by atoms with van der Waals surface area (Å²) < 4.78 is 0. The molecule has 0 aliphatic heterocycles. The number of nitrogens with two attached hydrogens (primary N) is 1. The summed E-state index contributed by atoms with van der Waals surface area (Å²) in [5, 5.41) is 7.60. The van der Waals surface area contributed by atoms with E-state index in [9.17, 15) is 9.59 Å². The molecule has 0 fully saturated rings. The van der Waals surface area contributed by atoms with Gasteiger partial charge in [0.25, 0.3) is 0 Å². The number of carboxylic acid groups (broad SMARTS) is 1. The third kappa shape index (κ3) is 17.7. The lowest BCUT2D eigenvalue weighted by Crippen LogP contribution is -2.07. The summed E-state index contributed by atoms with van der Waals surface area (Å²) >= 11 is 0. The molecule has 0 radical (unpaired) electrons. The quantitative estimate of drug-likeness (QED) is 0.442. The summed E-state index contributed by atoms with van der Waals surface area (Å²) in [5.74, 6) is 3.07. The first-order valence-electron chi connectivity index (χ1n) is 2.83. The first-order chi connectivity index (χ1) is 5.08. The van der Waals surface area contributed by atoms with Crippen molar-refractivity contribution in [1.82, 2.24) is 0 Å². The van der Waals surface area contributed by atoms with Gasteiger partial charge in [0.1, 0.15) is 0 Å². The number of carbonyl (C=O) groups is 2. The van der Waals surface area contributed by atoms with Gasteiger partial charge in [-0.3, -0.25) is 4.79 Å². The molecule has 0 aromatic rings. The standard InChI is InChI=1S/C3H7NO2.C3H4O2/c1-2-3(5)6-4;1-2-3(4)5/h2,4H2,1H3;2H,1H2,(H,4,5). The van der Waals surface area contributed by atoms with E-state index < -0.39 is 5.97 Å². The number of carbonyl (C=O) groups excluding carboxylic acids is 1. The van der Waals surface area contributed by atoms with E-state index in [0.29, 0.717) is 6.42 Å². The van der Waals surface area contributed by atoms with E-state index in [-0.39, 0.29) is 5.97 Å². The molecule has 0 aromatic heterocycles. The molecule has 5 heteroatoms. The van der Waals surface area contributed by atoms with Crippen molar-refractivity contribution in [1.29, 1.82) is 0 Å². The topological polar surface area (TPSA) is 89.6 Å². The second kappa shape index (κ2) is 8.64. The molecule has 11 heavy (non-hydrogen) atoms.